The number of aromatic nitrogens is 4. The normalized spacial score (nSPS) is 19.2. The number of carbonyl (C=O) groups is 2. The predicted molar refractivity (Wildman–Crippen MR) is 189 cm³/mol. The van der Waals surface area contributed by atoms with Crippen molar-refractivity contribution >= 4 is 29.4 Å². The number of carbonyl (C=O) groups excluding carboxylic acids is 2. The zero-order chi connectivity index (χ0) is 35.7. The van der Waals surface area contributed by atoms with Crippen molar-refractivity contribution < 1.29 is 34.0 Å². The topological polar surface area (TPSA) is 170 Å². The Labute approximate surface area is 298 Å². The second-order valence-corrected chi connectivity index (χ2v) is 13.0. The van der Waals surface area contributed by atoms with Crippen LogP contribution in [0.5, 0.6) is 5.75 Å². The van der Waals surface area contributed by atoms with Gasteiger partial charge in [-0.05, 0) is 63.5 Å². The lowest BCUT2D eigenvalue weighted by Gasteiger charge is -2.41. The van der Waals surface area contributed by atoms with Crippen molar-refractivity contribution in [2.45, 2.75) is 49.6 Å². The maximum Gasteiger partial charge on any atom is 0.328 e. The molecule has 14 heteroatoms. The number of anilines is 1. The molecule has 5 atom stereocenters. The van der Waals surface area contributed by atoms with E-state index in [-0.39, 0.29) is 36.9 Å². The number of urea groups is 1. The molecule has 0 unspecified atom stereocenters. The number of aliphatic hydroxyl groups excluding tert-OH is 1. The van der Waals surface area contributed by atoms with Gasteiger partial charge < -0.3 is 35.1 Å². The van der Waals surface area contributed by atoms with Crippen LogP contribution in [0.1, 0.15) is 41.6 Å². The molecule has 51 heavy (non-hydrogen) atoms. The Balaban J connectivity index is 1.20. The molecular weight excluding hydrogens is 673 g/mol. The fourth-order valence-electron chi connectivity index (χ4n) is 5.77. The monoisotopic (exact) mass is 710 g/mol. The molecule has 0 aliphatic carbocycles. The van der Waals surface area contributed by atoms with Gasteiger partial charge in [-0.15, -0.1) is 5.10 Å². The minimum atomic E-state index is -0.890. The second kappa shape index (κ2) is 16.6. The molecule has 4 N–H and O–H groups in total. The highest BCUT2D eigenvalue weighted by atomic mass is 32.2. The third kappa shape index (κ3) is 8.91. The quantitative estimate of drug-likeness (QED) is 0.0973. The first-order valence-electron chi connectivity index (χ1n) is 16.3. The molecule has 0 radical (unpaired) electrons. The van der Waals surface area contributed by atoms with Gasteiger partial charge in [-0.25, -0.2) is 9.59 Å². The number of benzene rings is 4. The van der Waals surface area contributed by atoms with Crippen LogP contribution in [0.25, 0.3) is 5.69 Å². The molecule has 0 bridgehead atoms. The van der Waals surface area contributed by atoms with E-state index in [0.717, 1.165) is 16.7 Å². The Morgan fingerprint density at radius 1 is 0.941 bits per heavy atom. The van der Waals surface area contributed by atoms with Crippen molar-refractivity contribution in [3.63, 3.8) is 0 Å². The number of aromatic hydroxyl groups is 1. The average molecular weight is 711 g/mol. The standard InChI is InChI=1S/C37H38N6O7S/c1-23-32(22-51-37-40-41-42-43(37)29-15-17-30(45)18-16-29)49-35(50-33(23)26-13-11-25(21-44)12-14-26)27-9-6-10-28(20-27)38-36(47)39-31(34(46)48-2)19-24-7-4-3-5-8-24/h3-18,20,23,31-33,35,44-45H,19,21-22H2,1-2H3,(H2,38,39,47)/t23-,31+,32+,33+,35+/m1/s1. The lowest BCUT2D eigenvalue weighted by molar-refractivity contribution is -0.268. The van der Waals surface area contributed by atoms with Crippen LogP contribution in [-0.4, -0.2) is 67.4 Å². The highest BCUT2D eigenvalue weighted by Crippen LogP contribution is 2.43. The minimum Gasteiger partial charge on any atom is -0.508 e. The van der Waals surface area contributed by atoms with Gasteiger partial charge >= 0.3 is 12.0 Å². The highest BCUT2D eigenvalue weighted by Gasteiger charge is 2.39. The molecule has 13 nitrogen and oxygen atoms in total. The van der Waals surface area contributed by atoms with Crippen LogP contribution in [0.2, 0.25) is 0 Å². The molecule has 1 aliphatic heterocycles. The summed E-state index contributed by atoms with van der Waals surface area (Å²) in [6.45, 7) is 1.99. The molecule has 1 aromatic heterocycles. The summed E-state index contributed by atoms with van der Waals surface area (Å²) < 4.78 is 19.7. The van der Waals surface area contributed by atoms with E-state index in [1.165, 1.54) is 18.9 Å². The Morgan fingerprint density at radius 3 is 2.43 bits per heavy atom. The summed E-state index contributed by atoms with van der Waals surface area (Å²) in [6, 6.07) is 29.3. The molecule has 0 saturated carbocycles. The maximum atomic E-state index is 13.1. The Morgan fingerprint density at radius 2 is 1.71 bits per heavy atom. The first-order valence-corrected chi connectivity index (χ1v) is 17.3. The van der Waals surface area contributed by atoms with Crippen molar-refractivity contribution in [1.82, 2.24) is 25.5 Å². The number of ether oxygens (including phenoxy) is 3. The lowest BCUT2D eigenvalue weighted by atomic mass is 9.91. The summed E-state index contributed by atoms with van der Waals surface area (Å²) in [5.41, 5.74) is 4.45. The third-order valence-electron chi connectivity index (χ3n) is 8.53. The average Bonchev–Trinajstić information content (AvgIpc) is 3.63. The van der Waals surface area contributed by atoms with E-state index in [9.17, 15) is 19.8 Å². The molecule has 1 fully saturated rings. The van der Waals surface area contributed by atoms with Gasteiger partial charge in [-0.3, -0.25) is 0 Å². The number of phenolic OH excluding ortho intramolecular Hbond substituents is 1. The van der Waals surface area contributed by atoms with Gasteiger partial charge in [0, 0.05) is 29.3 Å². The van der Waals surface area contributed by atoms with E-state index in [4.69, 9.17) is 14.2 Å². The van der Waals surface area contributed by atoms with Gasteiger partial charge in [-0.1, -0.05) is 85.4 Å². The Bertz CT molecular complexity index is 1910. The van der Waals surface area contributed by atoms with Crippen molar-refractivity contribution in [2.24, 2.45) is 5.92 Å². The number of aliphatic hydroxyl groups is 1. The van der Waals surface area contributed by atoms with E-state index in [2.05, 4.69) is 33.1 Å². The van der Waals surface area contributed by atoms with Gasteiger partial charge in [0.1, 0.15) is 11.8 Å². The van der Waals surface area contributed by atoms with Crippen molar-refractivity contribution in [2.75, 3.05) is 18.2 Å². The summed E-state index contributed by atoms with van der Waals surface area (Å²) in [5.74, 6) is -0.0250. The number of hydrogen-bond donors (Lipinski definition) is 4. The van der Waals surface area contributed by atoms with Crippen LogP contribution in [0, 0.1) is 5.92 Å². The van der Waals surface area contributed by atoms with Crippen LogP contribution in [0.3, 0.4) is 0 Å². The summed E-state index contributed by atoms with van der Waals surface area (Å²) in [7, 11) is 1.28. The number of nitrogens with zero attached hydrogens (tertiary/aromatic N) is 4. The predicted octanol–water partition coefficient (Wildman–Crippen LogP) is 5.35. The first-order chi connectivity index (χ1) is 24.8. The number of amides is 2. The molecular formula is C37H38N6O7S. The maximum absolute atomic E-state index is 13.1. The van der Waals surface area contributed by atoms with E-state index in [0.29, 0.717) is 27.8 Å². The number of rotatable bonds is 12. The molecule has 2 amide bonds. The highest BCUT2D eigenvalue weighted by molar-refractivity contribution is 7.99. The van der Waals surface area contributed by atoms with Gasteiger partial charge in [-0.2, -0.15) is 4.68 Å². The van der Waals surface area contributed by atoms with Crippen LogP contribution in [0.15, 0.2) is 108 Å². The van der Waals surface area contributed by atoms with Gasteiger partial charge in [0.2, 0.25) is 5.16 Å². The fraction of sp³-hybridized carbons (Fsp3) is 0.270. The molecule has 4 aromatic carbocycles. The van der Waals surface area contributed by atoms with Crippen LogP contribution < -0.4 is 10.6 Å². The number of methoxy groups -OCH3 is 1. The van der Waals surface area contributed by atoms with E-state index in [1.807, 2.05) is 60.7 Å². The Hall–Kier alpha value is -5.28. The number of nitrogens with one attached hydrogen (secondary N) is 2. The largest absolute Gasteiger partial charge is 0.508 e. The van der Waals surface area contributed by atoms with Gasteiger partial charge in [0.15, 0.2) is 6.29 Å². The van der Waals surface area contributed by atoms with Crippen molar-refractivity contribution in [3.8, 4) is 11.4 Å². The molecule has 6 rings (SSSR count). The summed E-state index contributed by atoms with van der Waals surface area (Å²) in [5, 5.41) is 37.6. The second-order valence-electron chi connectivity index (χ2n) is 12.0. The third-order valence-corrected chi connectivity index (χ3v) is 9.53. The molecule has 264 valence electrons. The smallest absolute Gasteiger partial charge is 0.328 e. The fourth-order valence-corrected chi connectivity index (χ4v) is 6.82. The number of tetrazole rings is 1. The van der Waals surface area contributed by atoms with Crippen molar-refractivity contribution in [3.05, 3.63) is 125 Å². The molecule has 1 aliphatic rings. The summed E-state index contributed by atoms with van der Waals surface area (Å²) in [6.07, 6.45) is -1.22. The molecule has 1 saturated heterocycles. The van der Waals surface area contributed by atoms with Crippen molar-refractivity contribution in [1.29, 1.82) is 0 Å². The zero-order valence-corrected chi connectivity index (χ0v) is 28.8. The summed E-state index contributed by atoms with van der Waals surface area (Å²) in [4.78, 5) is 25.6. The van der Waals surface area contributed by atoms with E-state index < -0.39 is 24.3 Å². The summed E-state index contributed by atoms with van der Waals surface area (Å²) >= 11 is 1.43. The van der Waals surface area contributed by atoms with Gasteiger partial charge in [0.05, 0.1) is 31.6 Å². The van der Waals surface area contributed by atoms with E-state index in [1.54, 1.807) is 47.1 Å². The van der Waals surface area contributed by atoms with Crippen LogP contribution in [-0.2, 0) is 32.0 Å². The Kier molecular flexibility index (Phi) is 11.6. The number of hydrogen-bond acceptors (Lipinski definition) is 11. The first kappa shape index (κ1) is 35.5. The molecule has 5 aromatic rings. The molecule has 2 heterocycles. The minimum absolute atomic E-state index is 0.0674. The number of phenols is 1. The van der Waals surface area contributed by atoms with Crippen LogP contribution in [0.4, 0.5) is 10.5 Å². The molecule has 0 spiro atoms. The SMILES string of the molecule is COC(=O)[C@H](Cc1ccccc1)NC(=O)Nc1cccc([C@H]2O[C@@H](CSc3nnnn3-c3ccc(O)cc3)[C@@H](C)[C@@H](c3ccc(CO)cc3)O2)c1. The lowest BCUT2D eigenvalue weighted by Crippen LogP contribution is -2.45. The van der Waals surface area contributed by atoms with Crippen LogP contribution >= 0.6 is 11.8 Å². The van der Waals surface area contributed by atoms with E-state index >= 15 is 0 Å². The van der Waals surface area contributed by atoms with Gasteiger partial charge in [0.25, 0.3) is 0 Å². The number of esters is 1. The zero-order valence-electron chi connectivity index (χ0n) is 28.0. The number of thioether (sulfide) groups is 1.